The molecule has 4 heterocycles. The quantitative estimate of drug-likeness (QED) is 0.574. The van der Waals surface area contributed by atoms with Crippen molar-refractivity contribution in [3.8, 4) is 0 Å². The van der Waals surface area contributed by atoms with E-state index in [4.69, 9.17) is 4.52 Å². The molecule has 2 aliphatic rings. The first kappa shape index (κ1) is 18.8. The van der Waals surface area contributed by atoms with E-state index in [1.807, 2.05) is 23.2 Å². The van der Waals surface area contributed by atoms with Crippen LogP contribution in [-0.2, 0) is 11.3 Å². The van der Waals surface area contributed by atoms with Crippen LogP contribution in [0.4, 0.5) is 0 Å². The van der Waals surface area contributed by atoms with Gasteiger partial charge in [-0.3, -0.25) is 4.79 Å². The van der Waals surface area contributed by atoms with Crippen LogP contribution in [-0.4, -0.2) is 51.7 Å². The zero-order valence-corrected chi connectivity index (χ0v) is 17.3. The van der Waals surface area contributed by atoms with E-state index in [-0.39, 0.29) is 11.8 Å². The van der Waals surface area contributed by atoms with Crippen molar-refractivity contribution in [2.75, 3.05) is 26.2 Å². The van der Waals surface area contributed by atoms with Crippen LogP contribution >= 0.6 is 11.3 Å². The third-order valence-electron chi connectivity index (χ3n) is 6.28. The largest absolute Gasteiger partial charge is 0.356 e. The molecule has 1 aliphatic heterocycles. The smallest absolute Gasteiger partial charge is 0.223 e. The SMILES string of the molecule is O=C(NCCCn1ccnc1)[C@H]1C[C@@H]1CN1CCC(c2noc3ccsc23)CC1. The molecule has 29 heavy (non-hydrogen) atoms. The highest BCUT2D eigenvalue weighted by atomic mass is 32.1. The number of likely N-dealkylation sites (tertiary alicyclic amines) is 1. The lowest BCUT2D eigenvalue weighted by Gasteiger charge is -2.31. The summed E-state index contributed by atoms with van der Waals surface area (Å²) >= 11 is 1.73. The number of imidazole rings is 1. The van der Waals surface area contributed by atoms with Crippen LogP contribution in [0, 0.1) is 11.8 Å². The van der Waals surface area contributed by atoms with Crippen molar-refractivity contribution in [1.29, 1.82) is 0 Å². The Labute approximate surface area is 174 Å². The number of rotatable bonds is 8. The Morgan fingerprint density at radius 2 is 2.24 bits per heavy atom. The number of aryl methyl sites for hydroxylation is 1. The van der Waals surface area contributed by atoms with Crippen LogP contribution in [0.25, 0.3) is 10.3 Å². The zero-order chi connectivity index (χ0) is 19.6. The molecule has 7 nitrogen and oxygen atoms in total. The highest BCUT2D eigenvalue weighted by Crippen LogP contribution is 2.41. The number of amides is 1. The van der Waals surface area contributed by atoms with Crippen molar-refractivity contribution in [1.82, 2.24) is 24.9 Å². The van der Waals surface area contributed by atoms with Gasteiger partial charge in [0.15, 0.2) is 5.58 Å². The molecule has 2 fully saturated rings. The number of carbonyl (C=O) groups excluding carboxylic acids is 1. The summed E-state index contributed by atoms with van der Waals surface area (Å²) in [4.78, 5) is 18.9. The van der Waals surface area contributed by atoms with Crippen molar-refractivity contribution in [3.63, 3.8) is 0 Å². The van der Waals surface area contributed by atoms with Gasteiger partial charge < -0.3 is 19.3 Å². The highest BCUT2D eigenvalue weighted by molar-refractivity contribution is 7.17. The lowest BCUT2D eigenvalue weighted by molar-refractivity contribution is -0.122. The van der Waals surface area contributed by atoms with Gasteiger partial charge in [-0.15, -0.1) is 11.3 Å². The molecule has 3 aromatic heterocycles. The number of fused-ring (bicyclic) bond motifs is 1. The second kappa shape index (κ2) is 8.28. The second-order valence-corrected chi connectivity index (χ2v) is 9.22. The normalized spacial score (nSPS) is 22.9. The zero-order valence-electron chi connectivity index (χ0n) is 16.5. The first-order chi connectivity index (χ1) is 14.3. The van der Waals surface area contributed by atoms with Crippen LogP contribution in [0.1, 0.15) is 37.3 Å². The van der Waals surface area contributed by atoms with Crippen molar-refractivity contribution in [2.45, 2.75) is 38.1 Å². The van der Waals surface area contributed by atoms with Gasteiger partial charge in [0.1, 0.15) is 5.69 Å². The molecule has 2 atom stereocenters. The molecule has 0 radical (unpaired) electrons. The standard InChI is InChI=1S/C21H27N5O2S/c27-21(23-5-1-7-26-10-6-22-14-26)17-12-16(17)13-25-8-2-15(3-9-25)19-20-18(28-24-19)4-11-29-20/h4,6,10-11,14-17H,1-3,5,7-9,12-13H2,(H,23,27)/t16-,17+/m1/s1. The number of thiophene rings is 1. The average Bonchev–Trinajstić information content (AvgIpc) is 3.13. The van der Waals surface area contributed by atoms with E-state index in [1.165, 1.54) is 4.70 Å². The Morgan fingerprint density at radius 1 is 1.34 bits per heavy atom. The molecule has 0 aromatic carbocycles. The Hall–Kier alpha value is -2.19. The lowest BCUT2D eigenvalue weighted by Crippen LogP contribution is -2.35. The molecule has 1 saturated carbocycles. The molecule has 8 heteroatoms. The van der Waals surface area contributed by atoms with E-state index in [1.54, 1.807) is 17.5 Å². The molecule has 5 rings (SSSR count). The summed E-state index contributed by atoms with van der Waals surface area (Å²) in [6, 6.07) is 2.00. The number of carbonyl (C=O) groups is 1. The summed E-state index contributed by atoms with van der Waals surface area (Å²) in [7, 11) is 0. The highest BCUT2D eigenvalue weighted by Gasteiger charge is 2.43. The van der Waals surface area contributed by atoms with Crippen molar-refractivity contribution in [3.05, 3.63) is 35.9 Å². The first-order valence-corrected chi connectivity index (χ1v) is 11.4. The molecule has 0 unspecified atom stereocenters. The summed E-state index contributed by atoms with van der Waals surface area (Å²) in [5.74, 6) is 1.47. The number of nitrogens with one attached hydrogen (secondary N) is 1. The fourth-order valence-corrected chi connectivity index (χ4v) is 5.34. The number of nitrogens with zero attached hydrogens (tertiary/aromatic N) is 4. The Kier molecular flexibility index (Phi) is 5.37. The fourth-order valence-electron chi connectivity index (χ4n) is 4.47. The third-order valence-corrected chi connectivity index (χ3v) is 7.20. The summed E-state index contributed by atoms with van der Waals surface area (Å²) in [6.07, 6.45) is 9.76. The molecule has 0 bridgehead atoms. The Morgan fingerprint density at radius 3 is 3.07 bits per heavy atom. The van der Waals surface area contributed by atoms with Gasteiger partial charge in [-0.1, -0.05) is 5.16 Å². The molecule has 1 amide bonds. The average molecular weight is 414 g/mol. The second-order valence-electron chi connectivity index (χ2n) is 8.30. The topological polar surface area (TPSA) is 76.2 Å². The molecule has 154 valence electrons. The number of piperidine rings is 1. The van der Waals surface area contributed by atoms with Gasteiger partial charge in [0, 0.05) is 43.9 Å². The summed E-state index contributed by atoms with van der Waals surface area (Å²) in [5, 5.41) is 9.50. The van der Waals surface area contributed by atoms with Gasteiger partial charge in [0.25, 0.3) is 0 Å². The molecule has 0 spiro atoms. The molecule has 1 saturated heterocycles. The van der Waals surface area contributed by atoms with E-state index in [0.29, 0.717) is 11.8 Å². The number of hydrogen-bond acceptors (Lipinski definition) is 6. The fraction of sp³-hybridized carbons (Fsp3) is 0.571. The monoisotopic (exact) mass is 413 g/mol. The molecule has 1 N–H and O–H groups in total. The maximum atomic E-state index is 12.4. The van der Waals surface area contributed by atoms with Crippen LogP contribution in [0.15, 0.2) is 34.7 Å². The first-order valence-electron chi connectivity index (χ1n) is 10.6. The summed E-state index contributed by atoms with van der Waals surface area (Å²) in [5.41, 5.74) is 2.07. The Bertz CT molecular complexity index is 942. The van der Waals surface area contributed by atoms with Crippen LogP contribution in [0.5, 0.6) is 0 Å². The minimum atomic E-state index is 0.210. The molecular formula is C21H27N5O2S. The lowest BCUT2D eigenvalue weighted by atomic mass is 9.93. The van der Waals surface area contributed by atoms with Gasteiger partial charge >= 0.3 is 0 Å². The van der Waals surface area contributed by atoms with Gasteiger partial charge in [0.2, 0.25) is 5.91 Å². The van der Waals surface area contributed by atoms with Crippen molar-refractivity contribution in [2.24, 2.45) is 11.8 Å². The van der Waals surface area contributed by atoms with Crippen LogP contribution in [0.2, 0.25) is 0 Å². The number of aromatic nitrogens is 3. The summed E-state index contributed by atoms with van der Waals surface area (Å²) in [6.45, 7) is 4.85. The maximum absolute atomic E-state index is 12.4. The van der Waals surface area contributed by atoms with Crippen molar-refractivity contribution >= 4 is 27.5 Å². The molecule has 1 aliphatic carbocycles. The Balaban J connectivity index is 1.01. The van der Waals surface area contributed by atoms with Gasteiger partial charge in [-0.25, -0.2) is 4.98 Å². The van der Waals surface area contributed by atoms with Crippen LogP contribution in [0.3, 0.4) is 0 Å². The summed E-state index contributed by atoms with van der Waals surface area (Å²) < 4.78 is 8.70. The minimum Gasteiger partial charge on any atom is -0.356 e. The van der Waals surface area contributed by atoms with E-state index >= 15 is 0 Å². The van der Waals surface area contributed by atoms with Gasteiger partial charge in [0.05, 0.1) is 11.0 Å². The predicted molar refractivity (Wildman–Crippen MR) is 112 cm³/mol. The minimum absolute atomic E-state index is 0.210. The van der Waals surface area contributed by atoms with Gasteiger partial charge in [-0.05, 0) is 56.1 Å². The van der Waals surface area contributed by atoms with Crippen LogP contribution < -0.4 is 5.32 Å². The van der Waals surface area contributed by atoms with E-state index in [0.717, 1.165) is 69.7 Å². The predicted octanol–water partition coefficient (Wildman–Crippen LogP) is 3.11. The number of hydrogen-bond donors (Lipinski definition) is 1. The van der Waals surface area contributed by atoms with Crippen molar-refractivity contribution < 1.29 is 9.32 Å². The molecule has 3 aromatic rings. The van der Waals surface area contributed by atoms with Gasteiger partial charge in [-0.2, -0.15) is 0 Å². The van der Waals surface area contributed by atoms with E-state index in [2.05, 4.69) is 25.7 Å². The maximum Gasteiger partial charge on any atom is 0.223 e. The molecular weight excluding hydrogens is 386 g/mol. The van der Waals surface area contributed by atoms with E-state index in [9.17, 15) is 4.79 Å². The third kappa shape index (κ3) is 4.23. The van der Waals surface area contributed by atoms with E-state index < -0.39 is 0 Å².